The maximum atomic E-state index is 13.4. The van der Waals surface area contributed by atoms with Gasteiger partial charge in [-0.25, -0.2) is 8.78 Å². The molecule has 0 aliphatic heterocycles. The van der Waals surface area contributed by atoms with Gasteiger partial charge in [-0.1, -0.05) is 13.0 Å². The minimum atomic E-state index is -3.26. The Kier molecular flexibility index (Phi) is 3.50. The standard InChI is InChI=1S/C14H14F2O4/c1-7-5-8-3-4-9(20-2)6-10(8)11(17)14(7,12(15)16)13(18)19/h3-4,6-7,12H,5H2,1-2H3,(H,18,19). The van der Waals surface area contributed by atoms with Crippen LogP contribution in [0.4, 0.5) is 8.78 Å². The zero-order valence-corrected chi connectivity index (χ0v) is 11.0. The van der Waals surface area contributed by atoms with Crippen LogP contribution in [0.15, 0.2) is 18.2 Å². The molecule has 0 heterocycles. The van der Waals surface area contributed by atoms with E-state index in [1.807, 2.05) is 0 Å². The lowest BCUT2D eigenvalue weighted by atomic mass is 9.64. The average Bonchev–Trinajstić information content (AvgIpc) is 2.38. The quantitative estimate of drug-likeness (QED) is 0.866. The second-order valence-corrected chi connectivity index (χ2v) is 4.93. The molecule has 108 valence electrons. The van der Waals surface area contributed by atoms with E-state index >= 15 is 0 Å². The Morgan fingerprint density at radius 3 is 2.65 bits per heavy atom. The number of carboxylic acids is 1. The molecular formula is C14H14F2O4. The minimum absolute atomic E-state index is 0.00477. The number of carbonyl (C=O) groups excluding carboxylic acids is 1. The topological polar surface area (TPSA) is 63.6 Å². The lowest BCUT2D eigenvalue weighted by molar-refractivity contribution is -0.158. The maximum absolute atomic E-state index is 13.4. The van der Waals surface area contributed by atoms with E-state index in [-0.39, 0.29) is 12.0 Å². The molecule has 0 amide bonds. The molecule has 2 rings (SSSR count). The third-order valence-corrected chi connectivity index (χ3v) is 3.94. The molecule has 1 N–H and O–H groups in total. The lowest BCUT2D eigenvalue weighted by Gasteiger charge is -2.37. The lowest BCUT2D eigenvalue weighted by Crippen LogP contribution is -2.53. The summed E-state index contributed by atoms with van der Waals surface area (Å²) in [4.78, 5) is 23.8. The van der Waals surface area contributed by atoms with Gasteiger partial charge < -0.3 is 9.84 Å². The van der Waals surface area contributed by atoms with Crippen molar-refractivity contribution in [3.63, 3.8) is 0 Å². The summed E-state index contributed by atoms with van der Waals surface area (Å²) < 4.78 is 31.7. The second-order valence-electron chi connectivity index (χ2n) is 4.93. The fourth-order valence-corrected chi connectivity index (χ4v) is 2.72. The highest BCUT2D eigenvalue weighted by Crippen LogP contribution is 2.45. The van der Waals surface area contributed by atoms with Crippen molar-refractivity contribution in [2.24, 2.45) is 11.3 Å². The number of methoxy groups -OCH3 is 1. The van der Waals surface area contributed by atoms with Gasteiger partial charge in [0.15, 0.2) is 11.2 Å². The molecule has 1 aromatic rings. The molecule has 0 spiro atoms. The molecule has 0 saturated carbocycles. The average molecular weight is 284 g/mol. The molecule has 1 aliphatic carbocycles. The molecule has 0 bridgehead atoms. The fourth-order valence-electron chi connectivity index (χ4n) is 2.72. The Morgan fingerprint density at radius 2 is 2.15 bits per heavy atom. The Morgan fingerprint density at radius 1 is 1.50 bits per heavy atom. The van der Waals surface area contributed by atoms with Crippen molar-refractivity contribution in [2.75, 3.05) is 7.11 Å². The number of carboxylic acid groups (broad SMARTS) is 1. The van der Waals surface area contributed by atoms with Gasteiger partial charge in [0, 0.05) is 5.56 Å². The van der Waals surface area contributed by atoms with Crippen molar-refractivity contribution in [1.29, 1.82) is 0 Å². The number of benzene rings is 1. The first-order chi connectivity index (χ1) is 9.35. The van der Waals surface area contributed by atoms with Crippen LogP contribution in [0.1, 0.15) is 22.8 Å². The number of fused-ring (bicyclic) bond motifs is 1. The van der Waals surface area contributed by atoms with Gasteiger partial charge in [-0.15, -0.1) is 0 Å². The van der Waals surface area contributed by atoms with Crippen molar-refractivity contribution >= 4 is 11.8 Å². The third-order valence-electron chi connectivity index (χ3n) is 3.94. The molecule has 0 saturated heterocycles. The van der Waals surface area contributed by atoms with Gasteiger partial charge in [0.2, 0.25) is 0 Å². The molecule has 0 radical (unpaired) electrons. The van der Waals surface area contributed by atoms with E-state index in [1.54, 1.807) is 12.1 Å². The van der Waals surface area contributed by atoms with Gasteiger partial charge >= 0.3 is 5.97 Å². The van der Waals surface area contributed by atoms with Crippen LogP contribution in [0.2, 0.25) is 0 Å². The van der Waals surface area contributed by atoms with Crippen LogP contribution >= 0.6 is 0 Å². The van der Waals surface area contributed by atoms with Crippen LogP contribution in [-0.2, 0) is 11.2 Å². The molecule has 0 fully saturated rings. The van der Waals surface area contributed by atoms with Gasteiger partial charge in [0.05, 0.1) is 7.11 Å². The van der Waals surface area contributed by atoms with Crippen molar-refractivity contribution < 1.29 is 28.2 Å². The highest BCUT2D eigenvalue weighted by molar-refractivity contribution is 6.14. The van der Waals surface area contributed by atoms with E-state index in [1.165, 1.54) is 20.1 Å². The van der Waals surface area contributed by atoms with Gasteiger partial charge in [0.25, 0.3) is 6.43 Å². The first-order valence-electron chi connectivity index (χ1n) is 6.09. The summed E-state index contributed by atoms with van der Waals surface area (Å²) in [5.74, 6) is -3.47. The fraction of sp³-hybridized carbons (Fsp3) is 0.429. The number of hydrogen-bond acceptors (Lipinski definition) is 3. The summed E-state index contributed by atoms with van der Waals surface area (Å²) in [6.45, 7) is 1.37. The monoisotopic (exact) mass is 284 g/mol. The molecule has 2 unspecified atom stereocenters. The van der Waals surface area contributed by atoms with Crippen LogP contribution < -0.4 is 4.74 Å². The summed E-state index contributed by atoms with van der Waals surface area (Å²) >= 11 is 0. The zero-order chi connectivity index (χ0) is 15.1. The van der Waals surface area contributed by atoms with E-state index in [4.69, 9.17) is 4.74 Å². The predicted molar refractivity (Wildman–Crippen MR) is 66.3 cm³/mol. The van der Waals surface area contributed by atoms with Crippen molar-refractivity contribution in [3.8, 4) is 5.75 Å². The summed E-state index contributed by atoms with van der Waals surface area (Å²) in [5, 5.41) is 9.22. The summed E-state index contributed by atoms with van der Waals surface area (Å²) in [5.41, 5.74) is -2.11. The van der Waals surface area contributed by atoms with Crippen LogP contribution in [-0.4, -0.2) is 30.4 Å². The number of rotatable bonds is 3. The number of hydrogen-bond donors (Lipinski definition) is 1. The predicted octanol–water partition coefficient (Wildman–Crippen LogP) is 2.41. The number of aliphatic carboxylic acids is 1. The van der Waals surface area contributed by atoms with Gasteiger partial charge in [-0.2, -0.15) is 0 Å². The first kappa shape index (κ1) is 14.4. The third kappa shape index (κ3) is 1.78. The molecule has 1 aromatic carbocycles. The molecular weight excluding hydrogens is 270 g/mol. The van der Waals surface area contributed by atoms with E-state index in [0.717, 1.165) is 0 Å². The summed E-state index contributed by atoms with van der Waals surface area (Å²) in [6, 6.07) is 4.55. The number of ketones is 1. The highest BCUT2D eigenvalue weighted by atomic mass is 19.3. The summed E-state index contributed by atoms with van der Waals surface area (Å²) in [7, 11) is 1.38. The molecule has 1 aliphatic rings. The van der Waals surface area contributed by atoms with E-state index in [2.05, 4.69) is 0 Å². The maximum Gasteiger partial charge on any atom is 0.323 e. The Hall–Kier alpha value is -1.98. The van der Waals surface area contributed by atoms with Gasteiger partial charge in [-0.05, 0) is 30.0 Å². The van der Waals surface area contributed by atoms with Crippen molar-refractivity contribution in [3.05, 3.63) is 29.3 Å². The van der Waals surface area contributed by atoms with Crippen LogP contribution in [0, 0.1) is 11.3 Å². The second kappa shape index (κ2) is 4.85. The van der Waals surface area contributed by atoms with E-state index in [9.17, 15) is 23.5 Å². The van der Waals surface area contributed by atoms with E-state index < -0.39 is 29.5 Å². The summed E-state index contributed by atoms with van der Waals surface area (Å²) in [6.07, 6.45) is -3.15. The minimum Gasteiger partial charge on any atom is -0.497 e. The molecule has 0 aromatic heterocycles. The number of alkyl halides is 2. The normalized spacial score (nSPS) is 25.4. The Labute approximate surface area is 114 Å². The van der Waals surface area contributed by atoms with Gasteiger partial charge in [0.1, 0.15) is 5.75 Å². The zero-order valence-electron chi connectivity index (χ0n) is 11.0. The Bertz CT molecular complexity index is 570. The van der Waals surface area contributed by atoms with Crippen molar-refractivity contribution in [1.82, 2.24) is 0 Å². The van der Waals surface area contributed by atoms with Gasteiger partial charge in [-0.3, -0.25) is 9.59 Å². The smallest absolute Gasteiger partial charge is 0.323 e. The Balaban J connectivity index is 2.64. The molecule has 2 atom stereocenters. The van der Waals surface area contributed by atoms with Crippen LogP contribution in [0.5, 0.6) is 5.75 Å². The number of halogens is 2. The number of ether oxygens (including phenoxy) is 1. The van der Waals surface area contributed by atoms with Crippen LogP contribution in [0.3, 0.4) is 0 Å². The SMILES string of the molecule is COc1ccc2c(c1)C(=O)C(C(=O)O)(C(F)F)C(C)C2. The van der Waals surface area contributed by atoms with Crippen molar-refractivity contribution in [2.45, 2.75) is 19.8 Å². The van der Waals surface area contributed by atoms with E-state index in [0.29, 0.717) is 11.3 Å². The molecule has 4 nitrogen and oxygen atoms in total. The number of Topliss-reactive ketones (excluding diaryl/α,β-unsaturated/α-hetero) is 1. The molecule has 20 heavy (non-hydrogen) atoms. The molecule has 6 heteroatoms. The number of carbonyl (C=O) groups is 2. The largest absolute Gasteiger partial charge is 0.497 e. The van der Waals surface area contributed by atoms with Crippen LogP contribution in [0.25, 0.3) is 0 Å². The first-order valence-corrected chi connectivity index (χ1v) is 6.09. The highest BCUT2D eigenvalue weighted by Gasteiger charge is 2.60.